The highest BCUT2D eigenvalue weighted by Crippen LogP contribution is 2.34. The fourth-order valence-corrected chi connectivity index (χ4v) is 5.33. The molecule has 6 heteroatoms. The van der Waals surface area contributed by atoms with E-state index in [2.05, 4.69) is 52.7 Å². The van der Waals surface area contributed by atoms with Gasteiger partial charge in [-0.2, -0.15) is 0 Å². The van der Waals surface area contributed by atoms with E-state index < -0.39 is 0 Å². The number of anilines is 1. The van der Waals surface area contributed by atoms with Gasteiger partial charge in [0.2, 0.25) is 0 Å². The molecule has 2 aromatic carbocycles. The van der Waals surface area contributed by atoms with Crippen molar-refractivity contribution in [3.8, 4) is 10.4 Å². The van der Waals surface area contributed by atoms with Crippen molar-refractivity contribution in [2.75, 3.05) is 25.0 Å². The molecule has 1 N–H and O–H groups in total. The maximum Gasteiger partial charge on any atom is 0.338 e. The van der Waals surface area contributed by atoms with E-state index in [-0.39, 0.29) is 5.63 Å². The van der Waals surface area contributed by atoms with Crippen LogP contribution in [0.4, 0.5) is 5.69 Å². The topological polar surface area (TPSA) is 45.5 Å². The van der Waals surface area contributed by atoms with Crippen molar-refractivity contribution in [1.82, 2.24) is 4.90 Å². The van der Waals surface area contributed by atoms with E-state index >= 15 is 0 Å². The third-order valence-corrected chi connectivity index (χ3v) is 7.30. The molecule has 0 atom stereocenters. The van der Waals surface area contributed by atoms with Crippen LogP contribution in [0.3, 0.4) is 0 Å². The number of piperidine rings is 1. The van der Waals surface area contributed by atoms with Gasteiger partial charge in [-0.05, 0) is 54.3 Å². The Hall–Kier alpha value is -2.86. The quantitative estimate of drug-likeness (QED) is 0.312. The molecule has 0 unspecified atom stereocenters. The largest absolute Gasteiger partial charge is 0.423 e. The minimum Gasteiger partial charge on any atom is -0.423 e. The molecule has 0 saturated carbocycles. The van der Waals surface area contributed by atoms with Crippen molar-refractivity contribution >= 4 is 45.7 Å². The van der Waals surface area contributed by atoms with Gasteiger partial charge >= 0.3 is 5.63 Å². The Labute approximate surface area is 202 Å². The molecule has 0 spiro atoms. The number of nitrogens with one attached hydrogen (secondary N) is 1. The molecule has 0 amide bonds. The monoisotopic (exact) mass is 476 g/mol. The predicted molar refractivity (Wildman–Crippen MR) is 139 cm³/mol. The van der Waals surface area contributed by atoms with E-state index in [1.165, 1.54) is 5.56 Å². The molecule has 4 nitrogen and oxygen atoms in total. The van der Waals surface area contributed by atoms with Crippen LogP contribution in [-0.2, 0) is 0 Å². The summed E-state index contributed by atoms with van der Waals surface area (Å²) < 4.78 is 6.21. The molecule has 168 valence electrons. The van der Waals surface area contributed by atoms with Crippen LogP contribution in [-0.4, -0.2) is 30.6 Å². The van der Waals surface area contributed by atoms with Crippen LogP contribution in [0.25, 0.3) is 27.5 Å². The minimum absolute atomic E-state index is 0.323. The van der Waals surface area contributed by atoms with Gasteiger partial charge in [0.15, 0.2) is 0 Å². The predicted octanol–water partition coefficient (Wildman–Crippen LogP) is 6.76. The van der Waals surface area contributed by atoms with Crippen LogP contribution in [0.15, 0.2) is 82.0 Å². The lowest BCUT2D eigenvalue weighted by Crippen LogP contribution is -2.39. The van der Waals surface area contributed by atoms with E-state index in [0.29, 0.717) is 11.6 Å². The molecule has 1 aliphatic heterocycles. The fraction of sp³-hybridized carbons (Fsp3) is 0.222. The summed E-state index contributed by atoms with van der Waals surface area (Å²) in [6, 6.07) is 22.1. The first kappa shape index (κ1) is 22.0. The van der Waals surface area contributed by atoms with Crippen molar-refractivity contribution in [3.05, 3.63) is 93.1 Å². The first-order valence-corrected chi connectivity index (χ1v) is 12.4. The van der Waals surface area contributed by atoms with E-state index in [0.717, 1.165) is 58.3 Å². The van der Waals surface area contributed by atoms with E-state index in [1.807, 2.05) is 30.3 Å². The molecule has 0 radical (unpaired) electrons. The van der Waals surface area contributed by atoms with Crippen LogP contribution < -0.4 is 10.9 Å². The second-order valence-corrected chi connectivity index (χ2v) is 10.0. The Bertz CT molecular complexity index is 1320. The lowest BCUT2D eigenvalue weighted by molar-refractivity contribution is 0.240. The molecule has 4 aromatic rings. The maximum absolute atomic E-state index is 12.2. The Morgan fingerprint density at radius 1 is 1.06 bits per heavy atom. The molecule has 33 heavy (non-hydrogen) atoms. The van der Waals surface area contributed by atoms with Crippen LogP contribution >= 0.6 is 22.9 Å². The van der Waals surface area contributed by atoms with E-state index in [1.54, 1.807) is 17.4 Å². The standard InChI is InChI=1S/C27H25ClN2O2S/c28-26-11-10-25(33-26)20-8-9-24-22(17-20)23(18-27(31)32-24)29-21-12-15-30(16-13-21)14-4-7-19-5-2-1-3-6-19/h1-11,17-18,21,29H,12-16H2/b7-4+. The fourth-order valence-electron chi connectivity index (χ4n) is 4.29. The molecule has 0 bridgehead atoms. The van der Waals surface area contributed by atoms with Gasteiger partial charge in [-0.15, -0.1) is 11.3 Å². The lowest BCUT2D eigenvalue weighted by atomic mass is 10.0. The molecular weight excluding hydrogens is 452 g/mol. The molecule has 1 aliphatic rings. The van der Waals surface area contributed by atoms with Gasteiger partial charge in [-0.3, -0.25) is 4.90 Å². The summed E-state index contributed by atoms with van der Waals surface area (Å²) in [5, 5.41) is 4.54. The molecule has 2 aromatic heterocycles. The number of fused-ring (bicyclic) bond motifs is 1. The number of hydrogen-bond donors (Lipinski definition) is 1. The van der Waals surface area contributed by atoms with Crippen LogP contribution in [0.5, 0.6) is 0 Å². The van der Waals surface area contributed by atoms with Gasteiger partial charge in [0.25, 0.3) is 0 Å². The van der Waals surface area contributed by atoms with Crippen molar-refractivity contribution in [2.24, 2.45) is 0 Å². The van der Waals surface area contributed by atoms with Crippen molar-refractivity contribution < 1.29 is 4.42 Å². The summed E-state index contributed by atoms with van der Waals surface area (Å²) in [5.41, 5.74) is 3.40. The summed E-state index contributed by atoms with van der Waals surface area (Å²) in [6.07, 6.45) is 6.47. The van der Waals surface area contributed by atoms with Gasteiger partial charge in [-0.1, -0.05) is 54.1 Å². The normalized spacial score (nSPS) is 15.4. The number of thiophene rings is 1. The molecular formula is C27H25ClN2O2S. The zero-order chi connectivity index (χ0) is 22.6. The summed E-state index contributed by atoms with van der Waals surface area (Å²) in [5.74, 6) is 0. The molecule has 0 aliphatic carbocycles. The number of halogens is 1. The van der Waals surface area contributed by atoms with Gasteiger partial charge in [0.1, 0.15) is 5.58 Å². The van der Waals surface area contributed by atoms with E-state index in [4.69, 9.17) is 16.0 Å². The summed E-state index contributed by atoms with van der Waals surface area (Å²) in [4.78, 5) is 15.7. The third-order valence-electron chi connectivity index (χ3n) is 6.02. The van der Waals surface area contributed by atoms with E-state index in [9.17, 15) is 4.79 Å². The van der Waals surface area contributed by atoms with Crippen LogP contribution in [0, 0.1) is 0 Å². The maximum atomic E-state index is 12.2. The van der Waals surface area contributed by atoms with Crippen molar-refractivity contribution in [1.29, 1.82) is 0 Å². The summed E-state index contributed by atoms with van der Waals surface area (Å²) in [7, 11) is 0. The zero-order valence-electron chi connectivity index (χ0n) is 18.2. The average molecular weight is 477 g/mol. The average Bonchev–Trinajstić information content (AvgIpc) is 3.27. The van der Waals surface area contributed by atoms with Gasteiger partial charge < -0.3 is 9.73 Å². The second kappa shape index (κ2) is 9.96. The second-order valence-electron chi connectivity index (χ2n) is 8.33. The highest BCUT2D eigenvalue weighted by molar-refractivity contribution is 7.19. The number of rotatable bonds is 6. The Kier molecular flexibility index (Phi) is 6.63. The first-order valence-electron chi connectivity index (χ1n) is 11.2. The van der Waals surface area contributed by atoms with Gasteiger partial charge in [0, 0.05) is 42.0 Å². The molecule has 3 heterocycles. The van der Waals surface area contributed by atoms with Gasteiger partial charge in [-0.25, -0.2) is 4.79 Å². The third kappa shape index (κ3) is 5.38. The Morgan fingerprint density at radius 2 is 1.88 bits per heavy atom. The smallest absolute Gasteiger partial charge is 0.338 e. The summed E-state index contributed by atoms with van der Waals surface area (Å²) in [6.45, 7) is 3.00. The van der Waals surface area contributed by atoms with Crippen LogP contribution in [0.2, 0.25) is 4.34 Å². The van der Waals surface area contributed by atoms with Crippen molar-refractivity contribution in [2.45, 2.75) is 18.9 Å². The highest BCUT2D eigenvalue weighted by Gasteiger charge is 2.19. The highest BCUT2D eigenvalue weighted by atomic mass is 35.5. The zero-order valence-corrected chi connectivity index (χ0v) is 19.7. The lowest BCUT2D eigenvalue weighted by Gasteiger charge is -2.32. The molecule has 5 rings (SSSR count). The van der Waals surface area contributed by atoms with Gasteiger partial charge in [0.05, 0.1) is 10.0 Å². The van der Waals surface area contributed by atoms with Crippen molar-refractivity contribution in [3.63, 3.8) is 0 Å². The SMILES string of the molecule is O=c1cc(NC2CCN(C/C=C/c3ccccc3)CC2)c2cc(-c3ccc(Cl)s3)ccc2o1. The number of benzene rings is 2. The number of hydrogen-bond acceptors (Lipinski definition) is 5. The molecule has 1 saturated heterocycles. The molecule has 1 fully saturated rings. The summed E-state index contributed by atoms with van der Waals surface area (Å²) >= 11 is 7.66. The minimum atomic E-state index is -0.333. The van der Waals surface area contributed by atoms with Crippen LogP contribution in [0.1, 0.15) is 18.4 Å². The Morgan fingerprint density at radius 3 is 2.64 bits per heavy atom. The Balaban J connectivity index is 1.26. The number of nitrogens with zero attached hydrogens (tertiary/aromatic N) is 1. The first-order chi connectivity index (χ1) is 16.1. The number of likely N-dealkylation sites (tertiary alicyclic amines) is 1.